The van der Waals surface area contributed by atoms with E-state index in [-0.39, 0.29) is 18.6 Å². The van der Waals surface area contributed by atoms with Gasteiger partial charge >= 0.3 is 18.6 Å². The molecule has 0 heterocycles. The first-order valence-electron chi connectivity index (χ1n) is 11.4. The van der Waals surface area contributed by atoms with Crippen molar-refractivity contribution >= 4 is 87.7 Å². The van der Waals surface area contributed by atoms with Gasteiger partial charge in [0.1, 0.15) is 58.8 Å². The first kappa shape index (κ1) is 53.2. The molecule has 0 radical (unpaired) electrons. The molecule has 0 unspecified atom stereocenters. The number of Topliss-reactive ketones (excluding diaryl/α,β-unsaturated/α-hetero) is 10. The van der Waals surface area contributed by atoms with Gasteiger partial charge in [0, 0.05) is 0 Å². The van der Waals surface area contributed by atoms with Crippen LogP contribution in [-0.2, 0) is 90.5 Å². The average Bonchev–Trinajstić information content (AvgIpc) is 2.83. The van der Waals surface area contributed by atoms with E-state index in [2.05, 4.69) is 0 Å². The van der Waals surface area contributed by atoms with Crippen molar-refractivity contribution in [2.75, 3.05) is 0 Å². The molecule has 0 rings (SSSR count). The van der Waals surface area contributed by atoms with Crippen molar-refractivity contribution in [3.05, 3.63) is 0 Å². The fourth-order valence-corrected chi connectivity index (χ4v) is 1.49. The zero-order valence-electron chi connectivity index (χ0n) is 24.6. The fourth-order valence-electron chi connectivity index (χ4n) is 1.49. The molecule has 0 aromatic rings. The number of carboxylic acid groups (broad SMARTS) is 5. The normalized spacial score (nSPS) is 8.37. The van der Waals surface area contributed by atoms with Gasteiger partial charge in [-0.2, -0.15) is 0 Å². The second kappa shape index (κ2) is 29.7. The van der Waals surface area contributed by atoms with Gasteiger partial charge < -0.3 is 49.5 Å². The Hall–Kier alpha value is -5.37. The monoisotopic (exact) mass is 696 g/mol. The summed E-state index contributed by atoms with van der Waals surface area (Å²) in [6.07, 6.45) is -2.84. The summed E-state index contributed by atoms with van der Waals surface area (Å²) in [7, 11) is 0. The van der Waals surface area contributed by atoms with Crippen molar-refractivity contribution in [1.82, 2.24) is 0 Å². The Morgan fingerprint density at radius 2 is 0.370 bits per heavy atom. The van der Waals surface area contributed by atoms with Crippen LogP contribution < -0.4 is 25.5 Å². The molecule has 21 heteroatoms. The minimum atomic E-state index is -1.80. The first-order valence-corrected chi connectivity index (χ1v) is 11.4. The summed E-state index contributed by atoms with van der Waals surface area (Å²) >= 11 is 0. The molecule has 0 amide bonds. The van der Waals surface area contributed by atoms with Gasteiger partial charge in [0.25, 0.3) is 0 Å². The Morgan fingerprint density at radius 1 is 0.283 bits per heavy atom. The van der Waals surface area contributed by atoms with Gasteiger partial charge in [-0.05, 0) is 34.6 Å². The Balaban J connectivity index is -0.000000108. The van der Waals surface area contributed by atoms with E-state index < -0.39 is 120 Å². The van der Waals surface area contributed by atoms with Crippen LogP contribution in [0.2, 0.25) is 0 Å². The van der Waals surface area contributed by atoms with Crippen molar-refractivity contribution in [3.63, 3.8) is 0 Å². The van der Waals surface area contributed by atoms with E-state index >= 15 is 0 Å². The molecule has 0 saturated carbocycles. The topological polar surface area (TPSA) is 371 Å². The van der Waals surface area contributed by atoms with Crippen LogP contribution in [0.5, 0.6) is 0 Å². The molecule has 0 aromatic heterocycles. The van der Waals surface area contributed by atoms with E-state index in [4.69, 9.17) is 0 Å². The zero-order chi connectivity index (χ0) is 37.2. The standard InChI is InChI=1S/5C5H6O4.V/c5*1-3(6)2-4(7)5(8)9;/h5*2H2,1H3,(H,8,9);/q;;;;;+5/p-5. The summed E-state index contributed by atoms with van der Waals surface area (Å²) in [5.41, 5.74) is 0. The molecule has 0 saturated heterocycles. The Bertz CT molecular complexity index is 1020. The van der Waals surface area contributed by atoms with E-state index in [9.17, 15) is 97.5 Å². The average molecular weight is 696 g/mol. The Morgan fingerprint density at radius 3 is 0.391 bits per heavy atom. The van der Waals surface area contributed by atoms with Gasteiger partial charge in [0.05, 0.1) is 32.1 Å². The third-order valence-electron chi connectivity index (χ3n) is 3.19. The number of carbonyl (C=O) groups excluding carboxylic acids is 15. The molecule has 250 valence electrons. The van der Waals surface area contributed by atoms with Crippen LogP contribution in [0.25, 0.3) is 0 Å². The number of hydrogen-bond donors (Lipinski definition) is 0. The van der Waals surface area contributed by atoms with Gasteiger partial charge in [0.2, 0.25) is 0 Å². The van der Waals surface area contributed by atoms with E-state index in [1.807, 2.05) is 0 Å². The van der Waals surface area contributed by atoms with Crippen LogP contribution in [0.1, 0.15) is 66.7 Å². The molecule has 0 aliphatic rings. The van der Waals surface area contributed by atoms with Crippen LogP contribution in [0.15, 0.2) is 0 Å². The molecule has 0 aromatic carbocycles. The molecule has 0 bridgehead atoms. The maximum Gasteiger partial charge on any atom is 5.00 e. The first-order chi connectivity index (χ1) is 20.2. The van der Waals surface area contributed by atoms with E-state index in [0.717, 1.165) is 34.6 Å². The van der Waals surface area contributed by atoms with E-state index in [1.165, 1.54) is 0 Å². The van der Waals surface area contributed by atoms with Crippen LogP contribution in [0, 0.1) is 0 Å². The summed E-state index contributed by atoms with van der Waals surface area (Å²) in [6.45, 7) is 5.70. The second-order valence-corrected chi connectivity index (χ2v) is 7.95. The van der Waals surface area contributed by atoms with Crippen LogP contribution in [0.3, 0.4) is 0 Å². The summed E-state index contributed by atoms with van der Waals surface area (Å²) in [6, 6.07) is 0. The van der Waals surface area contributed by atoms with E-state index in [1.54, 1.807) is 0 Å². The SMILES string of the molecule is CC(=O)CC(=O)C(=O)[O-].CC(=O)CC(=O)C(=O)[O-].CC(=O)CC(=O)C(=O)[O-].CC(=O)CC(=O)C(=O)[O-].CC(=O)CC(=O)C(=O)[O-].[V+5]. The van der Waals surface area contributed by atoms with Crippen LogP contribution in [-0.4, -0.2) is 87.7 Å². The summed E-state index contributed by atoms with van der Waals surface area (Å²) in [5, 5.41) is 48.1. The van der Waals surface area contributed by atoms with Gasteiger partial charge in [0.15, 0.2) is 28.9 Å². The Kier molecular flexibility index (Phi) is 34.4. The predicted molar refractivity (Wildman–Crippen MR) is 127 cm³/mol. The molecular weight excluding hydrogens is 671 g/mol. The quantitative estimate of drug-likeness (QED) is 0.113. The Labute approximate surface area is 270 Å². The molecule has 20 nitrogen and oxygen atoms in total. The number of ketones is 10. The minimum absolute atomic E-state index is 0. The maximum atomic E-state index is 10.1. The molecule has 0 N–H and O–H groups in total. The molecule has 0 aliphatic carbocycles. The summed E-state index contributed by atoms with van der Waals surface area (Å²) < 4.78 is 0. The van der Waals surface area contributed by atoms with Crippen molar-refractivity contribution in [3.8, 4) is 0 Å². The maximum absolute atomic E-state index is 10.1. The molecule has 0 aliphatic heterocycles. The molecule has 0 fully saturated rings. The zero-order valence-corrected chi connectivity index (χ0v) is 26.0. The third-order valence-corrected chi connectivity index (χ3v) is 3.19. The minimum Gasteiger partial charge on any atom is -0.542 e. The van der Waals surface area contributed by atoms with E-state index in [0.29, 0.717) is 0 Å². The molecule has 0 spiro atoms. The van der Waals surface area contributed by atoms with Crippen molar-refractivity contribution in [2.24, 2.45) is 0 Å². The van der Waals surface area contributed by atoms with Gasteiger partial charge in [-0.25, -0.2) is 0 Å². The number of aliphatic carboxylic acids is 5. The van der Waals surface area contributed by atoms with Gasteiger partial charge in [-0.15, -0.1) is 0 Å². The number of rotatable bonds is 15. The van der Waals surface area contributed by atoms with Crippen LogP contribution in [0.4, 0.5) is 0 Å². The number of carboxylic acids is 5. The molecular formula is C25H25O20V. The van der Waals surface area contributed by atoms with Gasteiger partial charge in [-0.1, -0.05) is 0 Å². The fraction of sp³-hybridized carbons (Fsp3) is 0.400. The van der Waals surface area contributed by atoms with Gasteiger partial charge in [-0.3, -0.25) is 47.9 Å². The predicted octanol–water partition coefficient (Wildman–Crippen LogP) is -8.58. The molecule has 46 heavy (non-hydrogen) atoms. The van der Waals surface area contributed by atoms with Crippen molar-refractivity contribution in [1.29, 1.82) is 0 Å². The smallest absolute Gasteiger partial charge is 0.542 e. The number of carbonyl (C=O) groups is 15. The van der Waals surface area contributed by atoms with Crippen molar-refractivity contribution < 1.29 is 116 Å². The third kappa shape index (κ3) is 45.6. The summed E-state index contributed by atoms with van der Waals surface area (Å²) in [5.74, 6) is -17.2. The largest absolute Gasteiger partial charge is 5.00 e. The molecule has 0 atom stereocenters. The van der Waals surface area contributed by atoms with Crippen molar-refractivity contribution in [2.45, 2.75) is 66.7 Å². The second-order valence-electron chi connectivity index (χ2n) is 7.95. The van der Waals surface area contributed by atoms with Crippen LogP contribution >= 0.6 is 0 Å². The summed E-state index contributed by atoms with van der Waals surface area (Å²) in [4.78, 5) is 149. The number of hydrogen-bond acceptors (Lipinski definition) is 20.